The summed E-state index contributed by atoms with van der Waals surface area (Å²) in [5.74, 6) is 0.282. The molecule has 4 nitrogen and oxygen atoms in total. The van der Waals surface area contributed by atoms with Crippen LogP contribution in [0.25, 0.3) is 0 Å². The second-order valence-corrected chi connectivity index (χ2v) is 13.0. The van der Waals surface area contributed by atoms with Crippen LogP contribution < -0.4 is 4.90 Å². The lowest BCUT2D eigenvalue weighted by molar-refractivity contribution is 0.175. The molecule has 1 heterocycles. The van der Waals surface area contributed by atoms with Crippen LogP contribution in [0.1, 0.15) is 45.6 Å². The number of amides is 1. The molecule has 1 amide bonds. The highest BCUT2D eigenvalue weighted by molar-refractivity contribution is 6.74. The van der Waals surface area contributed by atoms with Crippen molar-refractivity contribution < 1.29 is 14.0 Å². The number of nitrogens with zero attached hydrogens (tertiary/aromatic N) is 1. The third kappa shape index (κ3) is 3.52. The van der Waals surface area contributed by atoms with E-state index in [4.69, 9.17) is 9.16 Å². The van der Waals surface area contributed by atoms with Gasteiger partial charge in [-0.2, -0.15) is 0 Å². The van der Waals surface area contributed by atoms with Crippen molar-refractivity contribution in [2.75, 3.05) is 18.6 Å². The molecule has 0 unspecified atom stereocenters. The van der Waals surface area contributed by atoms with E-state index in [1.54, 1.807) is 4.90 Å². The average molecular weight is 350 g/mol. The molecule has 1 aromatic rings. The maximum Gasteiger partial charge on any atom is 0.414 e. The molecule has 0 spiro atoms. The minimum atomic E-state index is -1.74. The Kier molecular flexibility index (Phi) is 5.45. The van der Waals surface area contributed by atoms with Gasteiger partial charge in [0.05, 0.1) is 12.8 Å². The van der Waals surface area contributed by atoms with Crippen LogP contribution >= 0.6 is 0 Å². The van der Waals surface area contributed by atoms with Gasteiger partial charge in [-0.1, -0.05) is 39.0 Å². The Morgan fingerprint density at radius 1 is 1.25 bits per heavy atom. The fourth-order valence-corrected chi connectivity index (χ4v) is 4.16. The number of para-hydroxylation sites is 1. The molecule has 134 valence electrons. The number of fused-ring (bicyclic) bond motifs is 1. The summed E-state index contributed by atoms with van der Waals surface area (Å²) in [6, 6.07) is 8.20. The Hall–Kier alpha value is -1.33. The normalized spacial score (nSPS) is 20.9. The second-order valence-electron chi connectivity index (χ2n) is 8.14. The summed E-state index contributed by atoms with van der Waals surface area (Å²) in [6.07, 6.45) is 0.626. The number of methoxy groups -OCH3 is 1. The first-order valence-electron chi connectivity index (χ1n) is 8.70. The number of ether oxygens (including phenoxy) is 1. The standard InChI is InChI=1S/C19H31NO3Si/c1-14-15(12-13-23-24(6,7)19(2,3)4)16-10-8-9-11-17(16)20(14)18(21)22-5/h8-11,14-15H,12-13H2,1-7H3/t14-,15-/m1/s1. The van der Waals surface area contributed by atoms with Gasteiger partial charge in [0.2, 0.25) is 0 Å². The van der Waals surface area contributed by atoms with Crippen molar-refractivity contribution in [1.82, 2.24) is 0 Å². The number of anilines is 1. The van der Waals surface area contributed by atoms with Gasteiger partial charge in [0, 0.05) is 18.6 Å². The van der Waals surface area contributed by atoms with Crippen LogP contribution in [-0.2, 0) is 9.16 Å². The van der Waals surface area contributed by atoms with Gasteiger partial charge >= 0.3 is 6.09 Å². The van der Waals surface area contributed by atoms with E-state index in [9.17, 15) is 4.79 Å². The molecule has 0 bridgehead atoms. The van der Waals surface area contributed by atoms with Crippen LogP contribution in [0.4, 0.5) is 10.5 Å². The smallest absolute Gasteiger partial charge is 0.414 e. The molecule has 1 aromatic carbocycles. The summed E-state index contributed by atoms with van der Waals surface area (Å²) < 4.78 is 11.3. The van der Waals surface area contributed by atoms with E-state index >= 15 is 0 Å². The zero-order valence-corrected chi connectivity index (χ0v) is 17.1. The van der Waals surface area contributed by atoms with Crippen molar-refractivity contribution in [3.63, 3.8) is 0 Å². The molecule has 2 atom stereocenters. The Morgan fingerprint density at radius 3 is 2.46 bits per heavy atom. The summed E-state index contributed by atoms with van der Waals surface area (Å²) in [6.45, 7) is 14.1. The summed E-state index contributed by atoms with van der Waals surface area (Å²) in [5, 5.41) is 0.213. The largest absolute Gasteiger partial charge is 0.452 e. The SMILES string of the molecule is COC(=O)N1c2ccccc2[C@H](CCO[Si](C)(C)C(C)(C)C)[C@H]1C. The lowest BCUT2D eigenvalue weighted by atomic mass is 9.93. The summed E-state index contributed by atoms with van der Waals surface area (Å²) >= 11 is 0. The topological polar surface area (TPSA) is 38.8 Å². The minimum absolute atomic E-state index is 0.0814. The third-order valence-electron chi connectivity index (χ3n) is 5.65. The Balaban J connectivity index is 2.13. The molecule has 2 rings (SSSR count). The quantitative estimate of drug-likeness (QED) is 0.705. The van der Waals surface area contributed by atoms with Gasteiger partial charge < -0.3 is 9.16 Å². The number of hydrogen-bond donors (Lipinski definition) is 0. The molecule has 1 aliphatic heterocycles. The van der Waals surface area contributed by atoms with Gasteiger partial charge in [0.25, 0.3) is 0 Å². The highest BCUT2D eigenvalue weighted by Crippen LogP contribution is 2.43. The summed E-state index contributed by atoms with van der Waals surface area (Å²) in [4.78, 5) is 13.9. The molecule has 5 heteroatoms. The van der Waals surface area contributed by atoms with Crippen molar-refractivity contribution in [1.29, 1.82) is 0 Å². The van der Waals surface area contributed by atoms with E-state index in [0.29, 0.717) is 0 Å². The number of hydrogen-bond acceptors (Lipinski definition) is 3. The zero-order chi connectivity index (χ0) is 18.1. The minimum Gasteiger partial charge on any atom is -0.452 e. The average Bonchev–Trinajstić information content (AvgIpc) is 2.78. The number of rotatable bonds is 4. The Morgan fingerprint density at radius 2 is 1.88 bits per heavy atom. The highest BCUT2D eigenvalue weighted by atomic mass is 28.4. The Labute approximate surface area is 147 Å². The molecule has 0 N–H and O–H groups in total. The van der Waals surface area contributed by atoms with Crippen molar-refractivity contribution >= 4 is 20.1 Å². The lowest BCUT2D eigenvalue weighted by Gasteiger charge is -2.36. The molecular weight excluding hydrogens is 318 g/mol. The monoisotopic (exact) mass is 349 g/mol. The first-order chi connectivity index (χ1) is 11.1. The van der Waals surface area contributed by atoms with Crippen LogP contribution in [-0.4, -0.2) is 34.2 Å². The highest BCUT2D eigenvalue weighted by Gasteiger charge is 2.41. The van der Waals surface area contributed by atoms with E-state index < -0.39 is 8.32 Å². The molecule has 0 aromatic heterocycles. The number of carbonyl (C=O) groups excluding carboxylic acids is 1. The maximum atomic E-state index is 12.2. The van der Waals surface area contributed by atoms with E-state index in [-0.39, 0.29) is 23.1 Å². The summed E-state index contributed by atoms with van der Waals surface area (Å²) in [7, 11) is -0.305. The van der Waals surface area contributed by atoms with E-state index in [1.165, 1.54) is 12.7 Å². The van der Waals surface area contributed by atoms with Gasteiger partial charge in [-0.3, -0.25) is 4.90 Å². The zero-order valence-electron chi connectivity index (χ0n) is 16.1. The van der Waals surface area contributed by atoms with Crippen LogP contribution in [0.15, 0.2) is 24.3 Å². The van der Waals surface area contributed by atoms with Crippen molar-refractivity contribution in [2.45, 2.75) is 64.2 Å². The number of benzene rings is 1. The fraction of sp³-hybridized carbons (Fsp3) is 0.632. The molecule has 0 fully saturated rings. The van der Waals surface area contributed by atoms with Gasteiger partial charge in [-0.15, -0.1) is 0 Å². The molecular formula is C19H31NO3Si. The van der Waals surface area contributed by atoms with Crippen LogP contribution in [0.2, 0.25) is 18.1 Å². The second kappa shape index (κ2) is 6.88. The molecule has 0 aliphatic carbocycles. The third-order valence-corrected chi connectivity index (χ3v) is 10.2. The van der Waals surface area contributed by atoms with Crippen molar-refractivity contribution in [3.8, 4) is 0 Å². The summed E-state index contributed by atoms with van der Waals surface area (Å²) in [5.41, 5.74) is 2.18. The van der Waals surface area contributed by atoms with Crippen molar-refractivity contribution in [2.24, 2.45) is 0 Å². The number of carbonyl (C=O) groups is 1. The first kappa shape index (κ1) is 19.0. The van der Waals surface area contributed by atoms with Crippen LogP contribution in [0, 0.1) is 0 Å². The van der Waals surface area contributed by atoms with Gasteiger partial charge in [-0.05, 0) is 43.1 Å². The first-order valence-corrected chi connectivity index (χ1v) is 11.6. The molecule has 0 radical (unpaired) electrons. The van der Waals surface area contributed by atoms with Gasteiger partial charge in [0.15, 0.2) is 8.32 Å². The van der Waals surface area contributed by atoms with Gasteiger partial charge in [-0.25, -0.2) is 4.79 Å². The van der Waals surface area contributed by atoms with Crippen molar-refractivity contribution in [3.05, 3.63) is 29.8 Å². The predicted octanol–water partition coefficient (Wildman–Crippen LogP) is 5.16. The molecule has 0 saturated carbocycles. The van der Waals surface area contributed by atoms with Crippen LogP contribution in [0.3, 0.4) is 0 Å². The lowest BCUT2D eigenvalue weighted by Crippen LogP contribution is -2.41. The van der Waals surface area contributed by atoms with E-state index in [1.807, 2.05) is 18.2 Å². The van der Waals surface area contributed by atoms with Crippen LogP contribution in [0.5, 0.6) is 0 Å². The van der Waals surface area contributed by atoms with E-state index in [0.717, 1.165) is 18.7 Å². The molecule has 1 aliphatic rings. The Bertz CT molecular complexity index is 595. The molecule has 0 saturated heterocycles. The molecule has 24 heavy (non-hydrogen) atoms. The fourth-order valence-electron chi connectivity index (χ4n) is 3.10. The predicted molar refractivity (Wildman–Crippen MR) is 101 cm³/mol. The van der Waals surface area contributed by atoms with Gasteiger partial charge in [0.1, 0.15) is 0 Å². The van der Waals surface area contributed by atoms with E-state index in [2.05, 4.69) is 46.9 Å². The maximum absolute atomic E-state index is 12.2.